The normalized spacial score (nSPS) is 15.2. The number of hydrogen-bond acceptors (Lipinski definition) is 9. The summed E-state index contributed by atoms with van der Waals surface area (Å²) in [5.74, 6) is -0.432. The summed E-state index contributed by atoms with van der Waals surface area (Å²) < 4.78 is 36.6. The van der Waals surface area contributed by atoms with Gasteiger partial charge in [-0.1, -0.05) is 18.7 Å². The number of rotatable bonds is 27. The first-order valence-electron chi connectivity index (χ1n) is 16.6. The maximum absolute atomic E-state index is 12.4. The Kier molecular flexibility index (Phi) is 22.1. The number of aliphatic hydroxyl groups excluding tert-OH is 2. The van der Waals surface area contributed by atoms with Gasteiger partial charge in [0.1, 0.15) is 11.8 Å². The third kappa shape index (κ3) is 28.9. The average molecular weight is 744 g/mol. The minimum atomic E-state index is -1.68. The Morgan fingerprint density at radius 1 is 0.667 bits per heavy atom. The topological polar surface area (TPSA) is 116 Å². The summed E-state index contributed by atoms with van der Waals surface area (Å²) in [5, 5.41) is 21.1. The molecule has 0 aliphatic carbocycles. The number of carbonyl (C=O) groups excluding carboxylic acids is 1. The minimum Gasteiger partial charge on any atom is -0.398 e. The van der Waals surface area contributed by atoms with Crippen LogP contribution < -0.4 is 0 Å². The van der Waals surface area contributed by atoms with Crippen molar-refractivity contribution in [3.8, 4) is 0 Å². The van der Waals surface area contributed by atoms with E-state index in [0.717, 1.165) is 24.9 Å². The molecule has 2 unspecified atom stereocenters. The van der Waals surface area contributed by atoms with E-state index in [1.54, 1.807) is 0 Å². The molecule has 0 fully saturated rings. The lowest BCUT2D eigenvalue weighted by Gasteiger charge is -2.31. The van der Waals surface area contributed by atoms with Gasteiger partial charge in [-0.3, -0.25) is 4.79 Å². The van der Waals surface area contributed by atoms with E-state index in [4.69, 9.17) is 27.2 Å². The smallest absolute Gasteiger partial charge is 0.246 e. The van der Waals surface area contributed by atoms with Crippen LogP contribution in [-0.4, -0.2) is 137 Å². The average Bonchev–Trinajstić information content (AvgIpc) is 2.83. The molecule has 16 heteroatoms. The number of carbonyl (C=O) groups is 1. The first kappa shape index (κ1) is 45.2. The first-order valence-corrected chi connectivity index (χ1v) is 33.9. The van der Waals surface area contributed by atoms with E-state index < -0.39 is 64.5 Å². The predicted molar refractivity (Wildman–Crippen MR) is 202 cm³/mol. The Morgan fingerprint density at radius 3 is 1.24 bits per heavy atom. The Hall–Kier alpha value is 0.191. The van der Waals surface area contributed by atoms with Crippen molar-refractivity contribution in [1.29, 1.82) is 0 Å². The molecule has 2 atom stereocenters. The van der Waals surface area contributed by atoms with Crippen LogP contribution in [0.3, 0.4) is 0 Å². The summed E-state index contributed by atoms with van der Waals surface area (Å²) in [6.07, 6.45) is 1.22. The summed E-state index contributed by atoms with van der Waals surface area (Å²) >= 11 is 0. The highest BCUT2D eigenvalue weighted by Crippen LogP contribution is 2.16. The van der Waals surface area contributed by atoms with E-state index in [9.17, 15) is 15.0 Å². The van der Waals surface area contributed by atoms with E-state index in [-0.39, 0.29) is 44.0 Å². The Labute approximate surface area is 284 Å². The highest BCUT2D eigenvalue weighted by Gasteiger charge is 2.28. The predicted octanol–water partition coefficient (Wildman–Crippen LogP) is 3.68. The van der Waals surface area contributed by atoms with Crippen molar-refractivity contribution in [2.45, 2.75) is 128 Å². The van der Waals surface area contributed by atoms with E-state index in [0.29, 0.717) is 13.2 Å². The molecule has 0 spiro atoms. The lowest BCUT2D eigenvalue weighted by atomic mass is 10.2. The van der Waals surface area contributed by atoms with Gasteiger partial charge in [0.05, 0.1) is 44.5 Å². The lowest BCUT2D eigenvalue weighted by molar-refractivity contribution is -0.130. The van der Waals surface area contributed by atoms with Crippen LogP contribution in [0.4, 0.5) is 0 Å². The van der Waals surface area contributed by atoms with Gasteiger partial charge in [0, 0.05) is 26.3 Å². The van der Waals surface area contributed by atoms with Crippen molar-refractivity contribution in [2.24, 2.45) is 0 Å². The van der Waals surface area contributed by atoms with Gasteiger partial charge in [-0.25, -0.2) is 0 Å². The van der Waals surface area contributed by atoms with Crippen LogP contribution in [0.2, 0.25) is 90.7 Å². The van der Waals surface area contributed by atoms with Gasteiger partial charge in [-0.05, 0) is 97.5 Å². The Balaban J connectivity index is 4.46. The zero-order chi connectivity index (χ0) is 34.9. The minimum absolute atomic E-state index is 0.0409. The molecule has 1 amide bonds. The summed E-state index contributed by atoms with van der Waals surface area (Å²) in [6, 6.07) is 2.06. The van der Waals surface area contributed by atoms with Crippen molar-refractivity contribution in [1.82, 2.24) is 4.90 Å². The molecular formula is C29H69NO9Si6. The molecule has 0 saturated carbocycles. The third-order valence-electron chi connectivity index (χ3n) is 5.87. The van der Waals surface area contributed by atoms with Gasteiger partial charge in [-0.2, -0.15) is 0 Å². The molecule has 0 heterocycles. The fraction of sp³-hybridized carbons (Fsp3) is 0.897. The number of hydrogen-bond donors (Lipinski definition) is 2. The molecule has 0 aliphatic heterocycles. The second-order valence-electron chi connectivity index (χ2n) is 15.7. The number of aliphatic hydroxyl groups is 2. The van der Waals surface area contributed by atoms with Gasteiger partial charge in [0.2, 0.25) is 5.91 Å². The summed E-state index contributed by atoms with van der Waals surface area (Å²) in [5.41, 5.74) is 0. The molecule has 0 radical (unpaired) electrons. The first-order chi connectivity index (χ1) is 20.5. The van der Waals surface area contributed by atoms with Crippen LogP contribution in [-0.2, 0) is 32.0 Å². The van der Waals surface area contributed by atoms with Gasteiger partial charge < -0.3 is 42.3 Å². The molecule has 0 bridgehead atoms. The molecule has 0 aliphatic rings. The maximum atomic E-state index is 12.4. The quantitative estimate of drug-likeness (QED) is 0.0563. The molecule has 2 N–H and O–H groups in total. The Bertz CT molecular complexity index is 728. The fourth-order valence-electron chi connectivity index (χ4n) is 4.33. The molecule has 10 nitrogen and oxygen atoms in total. The molecule has 0 saturated heterocycles. The monoisotopic (exact) mass is 743 g/mol. The summed E-state index contributed by atoms with van der Waals surface area (Å²) in [6.45, 7) is 31.2. The molecule has 45 heavy (non-hydrogen) atoms. The van der Waals surface area contributed by atoms with Gasteiger partial charge in [0.25, 0.3) is 0 Å². The van der Waals surface area contributed by atoms with Crippen LogP contribution >= 0.6 is 0 Å². The lowest BCUT2D eigenvalue weighted by Crippen LogP contribution is -2.43. The molecule has 0 rings (SSSR count). The van der Waals surface area contributed by atoms with Crippen molar-refractivity contribution in [3.63, 3.8) is 0 Å². The van der Waals surface area contributed by atoms with Crippen molar-refractivity contribution >= 4 is 58.2 Å². The molecule has 0 aromatic rings. The second kappa shape index (κ2) is 22.0. The third-order valence-corrected chi connectivity index (χ3v) is 14.5. The zero-order valence-electron chi connectivity index (χ0n) is 30.8. The molecule has 0 aromatic carbocycles. The van der Waals surface area contributed by atoms with Gasteiger partial charge in [-0.15, -0.1) is 0 Å². The van der Waals surface area contributed by atoms with Gasteiger partial charge in [0.15, 0.2) is 33.3 Å². The highest BCUT2D eigenvalue weighted by molar-refractivity contribution is 6.72. The molecule has 0 aromatic heterocycles. The molecule has 268 valence electrons. The maximum Gasteiger partial charge on any atom is 0.246 e. The highest BCUT2D eigenvalue weighted by atomic mass is 28.4. The number of nitrogens with zero attached hydrogens (tertiary/aromatic N) is 1. The van der Waals surface area contributed by atoms with Crippen molar-refractivity contribution in [2.75, 3.05) is 39.5 Å². The van der Waals surface area contributed by atoms with E-state index in [1.165, 1.54) is 11.0 Å². The van der Waals surface area contributed by atoms with Crippen molar-refractivity contribution < 1.29 is 42.2 Å². The molecular weight excluding hydrogens is 675 g/mol. The van der Waals surface area contributed by atoms with E-state index >= 15 is 0 Å². The summed E-state index contributed by atoms with van der Waals surface area (Å²) in [7, 11) is -7.90. The van der Waals surface area contributed by atoms with E-state index in [2.05, 4.69) is 85.1 Å². The van der Waals surface area contributed by atoms with Crippen LogP contribution in [0.5, 0.6) is 0 Å². The second-order valence-corrected chi connectivity index (χ2v) is 37.4. The zero-order valence-corrected chi connectivity index (χ0v) is 37.6. The number of amides is 1. The SMILES string of the molecule is C=CC(=O)N(CC(O)COCCC[SiH2]C(O[Si](C)(C)C)O[Si](C)(C)C)CC(O)COCCC[SiH2]C(O[Si](C)(C)C)O[Si](C)(C)C. The standard InChI is InChI=1S/C29H69NO9Si6/c1-14-27(33)30(21-25(31)23-34-17-15-19-40-28(36-42(2,3)4)37-43(5,6)7)22-26(32)24-35-18-16-20-41-29(38-44(8,9)10)39-45(11,12)13/h14,25-26,28-29,31-32H,1,15-24,40-41H2,2-13H3. The van der Waals surface area contributed by atoms with Crippen LogP contribution in [0.15, 0.2) is 12.7 Å². The van der Waals surface area contributed by atoms with Crippen molar-refractivity contribution in [3.05, 3.63) is 12.7 Å². The van der Waals surface area contributed by atoms with Gasteiger partial charge >= 0.3 is 0 Å². The largest absolute Gasteiger partial charge is 0.398 e. The fourth-order valence-corrected chi connectivity index (χ4v) is 17.4. The van der Waals surface area contributed by atoms with E-state index in [1.807, 2.05) is 0 Å². The number of ether oxygens (including phenoxy) is 2. The van der Waals surface area contributed by atoms with Crippen LogP contribution in [0, 0.1) is 0 Å². The Morgan fingerprint density at radius 2 is 0.978 bits per heavy atom. The van der Waals surface area contributed by atoms with Crippen LogP contribution in [0.1, 0.15) is 12.8 Å². The summed E-state index contributed by atoms with van der Waals surface area (Å²) in [4.78, 5) is 13.8. The van der Waals surface area contributed by atoms with Crippen LogP contribution in [0.25, 0.3) is 0 Å².